The molecular weight excluding hydrogens is 296 g/mol. The van der Waals surface area contributed by atoms with Crippen molar-refractivity contribution < 1.29 is 19.1 Å². The number of para-hydroxylation sites is 1. The van der Waals surface area contributed by atoms with Crippen LogP contribution in [-0.4, -0.2) is 26.2 Å². The maximum Gasteiger partial charge on any atom is 0.337 e. The third-order valence-corrected chi connectivity index (χ3v) is 3.20. The highest BCUT2D eigenvalue weighted by atomic mass is 16.5. The van der Waals surface area contributed by atoms with Crippen LogP contribution in [0.3, 0.4) is 0 Å². The van der Waals surface area contributed by atoms with Crippen LogP contribution in [0.2, 0.25) is 0 Å². The highest BCUT2D eigenvalue weighted by Crippen LogP contribution is 2.16. The highest BCUT2D eigenvalue weighted by Gasteiger charge is 2.07. The zero-order valence-corrected chi connectivity index (χ0v) is 13.0. The van der Waals surface area contributed by atoms with E-state index in [-0.39, 0.29) is 6.03 Å². The first-order valence-electron chi connectivity index (χ1n) is 6.99. The summed E-state index contributed by atoms with van der Waals surface area (Å²) in [5.41, 5.74) is 1.88. The van der Waals surface area contributed by atoms with E-state index >= 15 is 0 Å². The second-order valence-electron chi connectivity index (χ2n) is 4.69. The van der Waals surface area contributed by atoms with E-state index in [0.717, 1.165) is 11.3 Å². The minimum atomic E-state index is -0.419. The minimum Gasteiger partial charge on any atom is -0.496 e. The van der Waals surface area contributed by atoms with Crippen molar-refractivity contribution in [2.75, 3.05) is 19.5 Å². The molecule has 2 aromatic rings. The molecule has 0 aliphatic carbocycles. The second-order valence-corrected chi connectivity index (χ2v) is 4.69. The van der Waals surface area contributed by atoms with Crippen LogP contribution in [0, 0.1) is 0 Å². The van der Waals surface area contributed by atoms with Crippen LogP contribution < -0.4 is 15.4 Å². The van der Waals surface area contributed by atoms with Crippen molar-refractivity contribution in [3.8, 4) is 5.75 Å². The molecule has 0 aromatic heterocycles. The molecule has 0 saturated heterocycles. The molecule has 2 N–H and O–H groups in total. The van der Waals surface area contributed by atoms with Gasteiger partial charge in [0.1, 0.15) is 5.75 Å². The Balaban J connectivity index is 1.91. The summed E-state index contributed by atoms with van der Waals surface area (Å²) >= 11 is 0. The standard InChI is InChI=1S/C17H18N2O4/c1-22-15-6-4-3-5-13(15)11-18-17(21)19-14-9-7-12(8-10-14)16(20)23-2/h3-10H,11H2,1-2H3,(H2,18,19,21). The molecule has 23 heavy (non-hydrogen) atoms. The van der Waals surface area contributed by atoms with Gasteiger partial charge in [-0.2, -0.15) is 0 Å². The molecule has 0 aliphatic rings. The molecule has 0 atom stereocenters. The predicted molar refractivity (Wildman–Crippen MR) is 86.6 cm³/mol. The summed E-state index contributed by atoms with van der Waals surface area (Å²) in [6.07, 6.45) is 0. The molecule has 0 heterocycles. The minimum absolute atomic E-state index is 0.343. The van der Waals surface area contributed by atoms with Gasteiger partial charge in [0.25, 0.3) is 0 Å². The van der Waals surface area contributed by atoms with Crippen LogP contribution in [0.1, 0.15) is 15.9 Å². The number of methoxy groups -OCH3 is 2. The van der Waals surface area contributed by atoms with Gasteiger partial charge >= 0.3 is 12.0 Å². The second kappa shape index (κ2) is 7.84. The highest BCUT2D eigenvalue weighted by molar-refractivity contribution is 5.92. The maximum absolute atomic E-state index is 11.9. The quantitative estimate of drug-likeness (QED) is 0.832. The molecule has 0 unspecified atom stereocenters. The fraction of sp³-hybridized carbons (Fsp3) is 0.176. The van der Waals surface area contributed by atoms with E-state index in [0.29, 0.717) is 17.8 Å². The van der Waals surface area contributed by atoms with E-state index in [1.807, 2.05) is 24.3 Å². The van der Waals surface area contributed by atoms with Crippen molar-refractivity contribution in [1.82, 2.24) is 5.32 Å². The average Bonchev–Trinajstić information content (AvgIpc) is 2.60. The number of nitrogens with one attached hydrogen (secondary N) is 2. The number of urea groups is 1. The molecule has 2 rings (SSSR count). The van der Waals surface area contributed by atoms with Crippen LogP contribution >= 0.6 is 0 Å². The lowest BCUT2D eigenvalue weighted by atomic mass is 10.2. The van der Waals surface area contributed by atoms with Gasteiger partial charge in [0.2, 0.25) is 0 Å². The molecule has 0 bridgehead atoms. The largest absolute Gasteiger partial charge is 0.496 e. The number of carbonyl (C=O) groups excluding carboxylic acids is 2. The fourth-order valence-electron chi connectivity index (χ4n) is 2.01. The van der Waals surface area contributed by atoms with E-state index in [2.05, 4.69) is 15.4 Å². The Kier molecular flexibility index (Phi) is 5.57. The Hall–Kier alpha value is -3.02. The van der Waals surface area contributed by atoms with E-state index in [1.165, 1.54) is 7.11 Å². The third kappa shape index (κ3) is 4.47. The molecule has 120 valence electrons. The molecule has 2 amide bonds. The molecule has 0 spiro atoms. The maximum atomic E-state index is 11.9. The smallest absolute Gasteiger partial charge is 0.337 e. The van der Waals surface area contributed by atoms with Crippen LogP contribution in [-0.2, 0) is 11.3 Å². The molecule has 0 fully saturated rings. The average molecular weight is 314 g/mol. The van der Waals surface area contributed by atoms with E-state index in [9.17, 15) is 9.59 Å². The predicted octanol–water partition coefficient (Wildman–Crippen LogP) is 2.80. The lowest BCUT2D eigenvalue weighted by molar-refractivity contribution is 0.0601. The van der Waals surface area contributed by atoms with Crippen LogP contribution in [0.25, 0.3) is 0 Å². The summed E-state index contributed by atoms with van der Waals surface area (Å²) in [4.78, 5) is 23.2. The van der Waals surface area contributed by atoms with Crippen LogP contribution in [0.15, 0.2) is 48.5 Å². The van der Waals surface area contributed by atoms with Gasteiger partial charge in [-0.25, -0.2) is 9.59 Å². The Morgan fingerprint density at radius 3 is 2.35 bits per heavy atom. The Morgan fingerprint density at radius 1 is 1.00 bits per heavy atom. The molecule has 0 saturated carbocycles. The normalized spacial score (nSPS) is 9.83. The van der Waals surface area contributed by atoms with Crippen molar-refractivity contribution in [3.63, 3.8) is 0 Å². The van der Waals surface area contributed by atoms with E-state index in [4.69, 9.17) is 4.74 Å². The summed E-state index contributed by atoms with van der Waals surface area (Å²) < 4.78 is 9.84. The number of esters is 1. The topological polar surface area (TPSA) is 76.7 Å². The number of ether oxygens (including phenoxy) is 2. The van der Waals surface area contributed by atoms with Crippen LogP contribution in [0.4, 0.5) is 10.5 Å². The lowest BCUT2D eigenvalue weighted by Crippen LogP contribution is -2.28. The zero-order chi connectivity index (χ0) is 16.7. The van der Waals surface area contributed by atoms with Gasteiger partial charge < -0.3 is 20.1 Å². The van der Waals surface area contributed by atoms with Gasteiger partial charge in [-0.1, -0.05) is 18.2 Å². The van der Waals surface area contributed by atoms with Crippen molar-refractivity contribution >= 4 is 17.7 Å². The first-order valence-corrected chi connectivity index (χ1v) is 6.99. The Morgan fingerprint density at radius 2 is 1.70 bits per heavy atom. The Bertz CT molecular complexity index is 683. The van der Waals surface area contributed by atoms with Crippen LogP contribution in [0.5, 0.6) is 5.75 Å². The van der Waals surface area contributed by atoms with E-state index in [1.54, 1.807) is 31.4 Å². The van der Waals surface area contributed by atoms with E-state index < -0.39 is 5.97 Å². The first kappa shape index (κ1) is 16.4. The first-order chi connectivity index (χ1) is 11.1. The van der Waals surface area contributed by atoms with Gasteiger partial charge in [-0.3, -0.25) is 0 Å². The van der Waals surface area contributed by atoms with Gasteiger partial charge in [0.15, 0.2) is 0 Å². The fourth-order valence-corrected chi connectivity index (χ4v) is 2.01. The summed E-state index contributed by atoms with van der Waals surface area (Å²) in [5.74, 6) is 0.299. The number of amides is 2. The van der Waals surface area contributed by atoms with Crippen molar-refractivity contribution in [2.24, 2.45) is 0 Å². The van der Waals surface area contributed by atoms with Gasteiger partial charge in [-0.15, -0.1) is 0 Å². The van der Waals surface area contributed by atoms with Gasteiger partial charge in [0.05, 0.1) is 19.8 Å². The van der Waals surface area contributed by atoms with Crippen molar-refractivity contribution in [2.45, 2.75) is 6.54 Å². The monoisotopic (exact) mass is 314 g/mol. The zero-order valence-electron chi connectivity index (χ0n) is 13.0. The number of anilines is 1. The van der Waals surface area contributed by atoms with Crippen molar-refractivity contribution in [3.05, 3.63) is 59.7 Å². The molecule has 6 heteroatoms. The third-order valence-electron chi connectivity index (χ3n) is 3.20. The lowest BCUT2D eigenvalue weighted by Gasteiger charge is -2.10. The SMILES string of the molecule is COC(=O)c1ccc(NC(=O)NCc2ccccc2OC)cc1. The molecule has 2 aromatic carbocycles. The van der Waals surface area contributed by atoms with Gasteiger partial charge in [-0.05, 0) is 30.3 Å². The Labute approximate surface area is 134 Å². The molecule has 0 radical (unpaired) electrons. The van der Waals surface area contributed by atoms with Gasteiger partial charge in [0, 0.05) is 17.8 Å². The molecule has 6 nitrogen and oxygen atoms in total. The summed E-state index contributed by atoms with van der Waals surface area (Å²) in [7, 11) is 2.90. The summed E-state index contributed by atoms with van der Waals surface area (Å²) in [6, 6.07) is 13.5. The summed E-state index contributed by atoms with van der Waals surface area (Å²) in [5, 5.41) is 5.44. The summed E-state index contributed by atoms with van der Waals surface area (Å²) in [6.45, 7) is 0.343. The number of hydrogen-bond donors (Lipinski definition) is 2. The molecular formula is C17H18N2O4. The number of benzene rings is 2. The van der Waals surface area contributed by atoms with Crippen molar-refractivity contribution in [1.29, 1.82) is 0 Å². The molecule has 0 aliphatic heterocycles. The number of rotatable bonds is 5. The number of carbonyl (C=O) groups is 2. The number of hydrogen-bond acceptors (Lipinski definition) is 4.